The molecule has 6 amide bonds. The van der Waals surface area contributed by atoms with E-state index < -0.39 is 87.8 Å². The lowest BCUT2D eigenvalue weighted by atomic mass is 9.79. The first-order valence-electron chi connectivity index (χ1n) is 46.9. The largest absolute Gasteiger partial charge is 0.496 e. The Bertz CT molecular complexity index is 5260. The number of amides is 6. The third-order valence-electron chi connectivity index (χ3n) is 25.6. The number of carbonyl (C=O) groups excluding carboxylic acids is 6. The first-order valence-corrected chi connectivity index (χ1v) is 46.9. The maximum atomic E-state index is 14.3. The molecule has 0 fully saturated rings. The average Bonchev–Trinajstić information content (AvgIpc) is 1.64. The smallest absolute Gasteiger partial charge is 0.258 e. The topological polar surface area (TPSA) is 285 Å². The van der Waals surface area contributed by atoms with Crippen molar-refractivity contribution in [2.45, 2.75) is 215 Å². The molecule has 6 aliphatic heterocycles. The molecule has 6 N–H and O–H groups in total. The number of ether oxygens (including phenoxy) is 12. The van der Waals surface area contributed by atoms with Crippen molar-refractivity contribution in [3.63, 3.8) is 0 Å². The van der Waals surface area contributed by atoms with Crippen LogP contribution in [0.3, 0.4) is 0 Å². The molecular formula is C111H138N6O18. The van der Waals surface area contributed by atoms with Crippen molar-refractivity contribution in [1.82, 2.24) is 31.9 Å². The zero-order chi connectivity index (χ0) is 97.6. The maximum absolute atomic E-state index is 14.3. The van der Waals surface area contributed by atoms with Crippen molar-refractivity contribution >= 4 is 35.4 Å². The second-order valence-corrected chi connectivity index (χ2v) is 42.1. The molecule has 720 valence electrons. The van der Waals surface area contributed by atoms with Gasteiger partial charge in [-0.1, -0.05) is 197 Å². The van der Waals surface area contributed by atoms with E-state index in [1.54, 1.807) is 21.3 Å². The molecule has 0 spiro atoms. The fourth-order valence-corrected chi connectivity index (χ4v) is 18.0. The Balaban J connectivity index is 1.07. The average molecular weight is 1840 g/mol. The van der Waals surface area contributed by atoms with Crippen molar-refractivity contribution in [2.24, 2.45) is 0 Å². The summed E-state index contributed by atoms with van der Waals surface area (Å²) in [6.07, 6.45) is 2.82. The summed E-state index contributed by atoms with van der Waals surface area (Å²) in [5.41, 5.74) is 19.2. The molecule has 24 bridgehead atoms. The summed E-state index contributed by atoms with van der Waals surface area (Å²) in [5.74, 6) is 2.42. The molecule has 24 heteroatoms. The van der Waals surface area contributed by atoms with Gasteiger partial charge in [-0.15, -0.1) is 0 Å². The quantitative estimate of drug-likeness (QED) is 0.0902. The lowest BCUT2D eigenvalue weighted by molar-refractivity contribution is -0.127. The molecule has 0 aromatic heterocycles. The molecule has 0 atom stereocenters. The molecule has 0 saturated carbocycles. The van der Waals surface area contributed by atoms with E-state index in [0.717, 1.165) is 134 Å². The number of benzene rings is 9. The van der Waals surface area contributed by atoms with Crippen LogP contribution in [0.4, 0.5) is 0 Å². The molecule has 8 aliphatic rings. The van der Waals surface area contributed by atoms with Crippen LogP contribution in [0.25, 0.3) is 0 Å². The van der Waals surface area contributed by atoms with Crippen molar-refractivity contribution in [3.05, 3.63) is 243 Å². The Morgan fingerprint density at radius 2 is 0.400 bits per heavy atom. The number of carbonyl (C=O) groups is 6. The lowest BCUT2D eigenvalue weighted by Crippen LogP contribution is -2.40. The number of rotatable bonds is 6. The Hall–Kier alpha value is -12.6. The Morgan fingerprint density at radius 3 is 0.585 bits per heavy atom. The van der Waals surface area contributed by atoms with Gasteiger partial charge in [0.25, 0.3) is 17.7 Å². The normalized spacial score (nSPS) is 15.7. The number of methoxy groups -OCH3 is 6. The monoisotopic (exact) mass is 1840 g/mol. The highest BCUT2D eigenvalue weighted by atomic mass is 16.5. The van der Waals surface area contributed by atoms with Gasteiger partial charge in [0.1, 0.15) is 54.3 Å². The molecular weight excluding hydrogens is 1710 g/mol. The summed E-state index contributed by atoms with van der Waals surface area (Å²) in [5, 5.41) is 17.5. The highest BCUT2D eigenvalue weighted by Crippen LogP contribution is 2.49. The van der Waals surface area contributed by atoms with Crippen LogP contribution in [0.1, 0.15) is 258 Å². The molecule has 0 saturated heterocycles. The summed E-state index contributed by atoms with van der Waals surface area (Å²) in [4.78, 5) is 85.1. The molecule has 9 aromatic carbocycles. The van der Waals surface area contributed by atoms with Gasteiger partial charge in [0, 0.05) is 38.5 Å². The second-order valence-electron chi connectivity index (χ2n) is 42.1. The number of nitrogens with one attached hydrogen (secondary N) is 6. The van der Waals surface area contributed by atoms with Gasteiger partial charge in [-0.2, -0.15) is 0 Å². The summed E-state index contributed by atoms with van der Waals surface area (Å²) in [6, 6.07) is 38.0. The van der Waals surface area contributed by atoms with Gasteiger partial charge in [-0.3, -0.25) is 28.8 Å². The fraction of sp³-hybridized carbons (Fsp3) is 0.459. The summed E-state index contributed by atoms with van der Waals surface area (Å²) < 4.78 is 79.8. The van der Waals surface area contributed by atoms with E-state index in [0.29, 0.717) is 110 Å². The van der Waals surface area contributed by atoms with E-state index in [1.165, 1.54) is 21.3 Å². The van der Waals surface area contributed by atoms with Crippen LogP contribution in [0.5, 0.6) is 69.0 Å². The van der Waals surface area contributed by atoms with E-state index >= 15 is 0 Å². The molecule has 135 heavy (non-hydrogen) atoms. The molecule has 17 rings (SSSR count). The van der Waals surface area contributed by atoms with Crippen molar-refractivity contribution in [2.75, 3.05) is 122 Å². The Morgan fingerprint density at radius 1 is 0.215 bits per heavy atom. The van der Waals surface area contributed by atoms with Crippen LogP contribution in [0.15, 0.2) is 109 Å². The van der Waals surface area contributed by atoms with Gasteiger partial charge in [0.15, 0.2) is 54.3 Å². The van der Waals surface area contributed by atoms with Gasteiger partial charge in [-0.05, 0) is 222 Å². The first kappa shape index (κ1) is 99.9. The SMILES string of the molecule is COc1cc2c3cc1OCC(=O)NCC(=O)NCCOc1c4cc(C(C)(C)C)cc1Cc1cc(C(C)(C)C)cc(c1OC)Cc1cc(C(C)(C)C)cc5c1OCCNC(=O)CNC(=O)COc1cc(c(cc1OC)Cc1cc(c(OC)cc1C3)OCC(=O)NCC(=O)NCCOc1c(cc(C(C)(C)C)cc1Cc1cc(C(C)(C)C)cc(c1OC)C4)Cc1cc(C(C)(C)C)cc(c1OC)C5)C2. The fourth-order valence-electron chi connectivity index (χ4n) is 18.0. The Kier molecular flexibility index (Phi) is 30.6. The molecule has 0 radical (unpaired) electrons. The standard InChI is InChI=1S/C111H138N6O18/c1-106(2,3)82-40-70-34-76-46-85(109(10,11)12)50-80-38-74-44-84(108(7,8)9)42-72(102(74)129-24)36-78-48-87(111(16,17)18)51-81-39-75-45-83(107(4,5)6)41-71(101(75)128-23)35-77-47-86(110(13,14)15)49-79(37-73(43-82)100(70)127-22)104(77)131-29-26-113-95(119)59-116-98(122)62-134-92-56-68-32-66-54-90(126-21)93(135-63-99(123)117-60-96(120)114-27-30-132-105(78)81)57-69(66)33-64-52-88(124-19)91(55-67(64)31-65(68)53-89(92)125-20)133-61-97(121)115-58-94(118)112-25-28-130-103(76)80/h40-57H,25-39,58-63H2,1-24H3,(H,112,118)(H,113,119)(H,114,120)(H,115,121)(H,116,122)(H,117,123). The van der Waals surface area contributed by atoms with E-state index in [-0.39, 0.29) is 76.3 Å². The third kappa shape index (κ3) is 24.4. The Labute approximate surface area is 796 Å². The van der Waals surface area contributed by atoms with Crippen molar-refractivity contribution < 1.29 is 85.6 Å². The summed E-state index contributed by atoms with van der Waals surface area (Å²) in [6.45, 7) is 37.4. The second kappa shape index (κ2) is 41.3. The van der Waals surface area contributed by atoms with Gasteiger partial charge < -0.3 is 88.7 Å². The molecule has 6 heterocycles. The zero-order valence-corrected chi connectivity index (χ0v) is 83.6. The number of fused-ring (bicyclic) bond motifs is 3. The predicted molar refractivity (Wildman–Crippen MR) is 526 cm³/mol. The van der Waals surface area contributed by atoms with Gasteiger partial charge >= 0.3 is 0 Å². The minimum atomic E-state index is -0.576. The predicted octanol–water partition coefficient (Wildman–Crippen LogP) is 16.2. The van der Waals surface area contributed by atoms with Crippen LogP contribution in [0.2, 0.25) is 0 Å². The lowest BCUT2D eigenvalue weighted by Gasteiger charge is -2.29. The number of hydrogen-bond donors (Lipinski definition) is 6. The van der Waals surface area contributed by atoms with Crippen molar-refractivity contribution in [3.8, 4) is 69.0 Å². The van der Waals surface area contributed by atoms with Crippen LogP contribution in [-0.4, -0.2) is 157 Å². The van der Waals surface area contributed by atoms with Crippen LogP contribution in [-0.2, 0) is 119 Å². The van der Waals surface area contributed by atoms with Crippen LogP contribution < -0.4 is 88.7 Å². The minimum Gasteiger partial charge on any atom is -0.496 e. The van der Waals surface area contributed by atoms with Gasteiger partial charge in [0.2, 0.25) is 17.7 Å². The third-order valence-corrected chi connectivity index (χ3v) is 25.6. The van der Waals surface area contributed by atoms with E-state index in [2.05, 4.69) is 229 Å². The number of hydrogen-bond acceptors (Lipinski definition) is 18. The van der Waals surface area contributed by atoms with E-state index in [9.17, 15) is 28.8 Å². The molecule has 24 nitrogen and oxygen atoms in total. The maximum Gasteiger partial charge on any atom is 0.258 e. The van der Waals surface area contributed by atoms with E-state index in [4.69, 9.17) is 56.8 Å². The molecule has 9 aromatic rings. The molecule has 0 unspecified atom stereocenters. The first-order chi connectivity index (χ1) is 63.8. The highest BCUT2D eigenvalue weighted by Gasteiger charge is 2.34. The van der Waals surface area contributed by atoms with Crippen molar-refractivity contribution in [1.29, 1.82) is 0 Å². The van der Waals surface area contributed by atoms with Crippen LogP contribution >= 0.6 is 0 Å². The minimum absolute atomic E-state index is 0.0173. The van der Waals surface area contributed by atoms with E-state index in [1.807, 2.05) is 36.4 Å². The highest BCUT2D eigenvalue weighted by molar-refractivity contribution is 5.87. The van der Waals surface area contributed by atoms with Gasteiger partial charge in [0.05, 0.1) is 81.9 Å². The molecule has 2 aliphatic carbocycles. The van der Waals surface area contributed by atoms with Crippen LogP contribution in [0, 0.1) is 0 Å². The van der Waals surface area contributed by atoms with Gasteiger partial charge in [-0.25, -0.2) is 0 Å². The summed E-state index contributed by atoms with van der Waals surface area (Å²) in [7, 11) is 9.70. The summed E-state index contributed by atoms with van der Waals surface area (Å²) >= 11 is 0. The zero-order valence-electron chi connectivity index (χ0n) is 83.6.